The van der Waals surface area contributed by atoms with Gasteiger partial charge in [0, 0.05) is 35.3 Å². The molecule has 1 atom stereocenters. The number of hydrogen-bond acceptors (Lipinski definition) is 2. The number of carbonyl (C=O) groups is 2. The minimum Gasteiger partial charge on any atom is -0.306 e. The molecule has 4 aromatic carbocycles. The van der Waals surface area contributed by atoms with E-state index >= 15 is 0 Å². The lowest BCUT2D eigenvalue weighted by Gasteiger charge is -2.40. The van der Waals surface area contributed by atoms with Gasteiger partial charge >= 0.3 is 0 Å². The molecule has 0 saturated carbocycles. The zero-order valence-electron chi connectivity index (χ0n) is 19.2. The molecule has 172 valence electrons. The van der Waals surface area contributed by atoms with Gasteiger partial charge in [0.1, 0.15) is 5.82 Å². The molecule has 2 amide bonds. The van der Waals surface area contributed by atoms with Crippen molar-refractivity contribution >= 4 is 11.8 Å². The molecule has 0 bridgehead atoms. The molecule has 2 aliphatic rings. The minimum absolute atomic E-state index is 0.0855. The number of fused-ring (bicyclic) bond motifs is 3. The zero-order valence-corrected chi connectivity index (χ0v) is 19.2. The summed E-state index contributed by atoms with van der Waals surface area (Å²) in [5.74, 6) is -0.718. The van der Waals surface area contributed by atoms with Crippen molar-refractivity contribution in [1.29, 1.82) is 0 Å². The van der Waals surface area contributed by atoms with Crippen molar-refractivity contribution in [3.05, 3.63) is 131 Å². The Kier molecular flexibility index (Phi) is 4.81. The molecular weight excluding hydrogens is 439 g/mol. The largest absolute Gasteiger partial charge is 0.306 e. The van der Waals surface area contributed by atoms with Crippen LogP contribution in [-0.2, 0) is 5.66 Å². The zero-order chi connectivity index (χ0) is 24.2. The summed E-state index contributed by atoms with van der Waals surface area (Å²) in [4.78, 5) is 30.8. The molecule has 2 aliphatic heterocycles. The number of rotatable bonds is 3. The van der Waals surface area contributed by atoms with Crippen molar-refractivity contribution in [2.75, 3.05) is 13.1 Å². The van der Waals surface area contributed by atoms with Gasteiger partial charge in [-0.15, -0.1) is 0 Å². The van der Waals surface area contributed by atoms with E-state index in [0.717, 1.165) is 22.3 Å². The van der Waals surface area contributed by atoms with Crippen molar-refractivity contribution in [3.8, 4) is 11.1 Å². The van der Waals surface area contributed by atoms with Crippen molar-refractivity contribution in [3.63, 3.8) is 0 Å². The van der Waals surface area contributed by atoms with Gasteiger partial charge in [0.05, 0.1) is 0 Å². The van der Waals surface area contributed by atoms with Gasteiger partial charge in [-0.2, -0.15) is 0 Å². The first-order valence-electron chi connectivity index (χ1n) is 11.7. The van der Waals surface area contributed by atoms with E-state index in [1.807, 2.05) is 48.5 Å². The summed E-state index contributed by atoms with van der Waals surface area (Å²) in [5, 5.41) is 0. The summed E-state index contributed by atoms with van der Waals surface area (Å²) < 4.78 is 13.6. The third-order valence-electron chi connectivity index (χ3n) is 7.12. The number of nitrogens with zero attached hydrogens (tertiary/aromatic N) is 2. The highest BCUT2D eigenvalue weighted by Crippen LogP contribution is 2.50. The number of benzene rings is 4. The number of aryl methyl sites for hydroxylation is 1. The van der Waals surface area contributed by atoms with Crippen LogP contribution >= 0.6 is 0 Å². The number of hydrogen-bond donors (Lipinski definition) is 0. The lowest BCUT2D eigenvalue weighted by molar-refractivity contribution is 0.0375. The first kappa shape index (κ1) is 21.3. The SMILES string of the molecule is Cc1ccc(-c2ccc(C34c5ccccc5C(=O)N3CCN4C(=O)c3ccc(F)cc3)cc2)cc1. The number of amides is 2. The van der Waals surface area contributed by atoms with E-state index in [0.29, 0.717) is 24.2 Å². The standard InChI is InChI=1S/C30H23FN2O2/c1-20-6-8-21(9-7-20)22-10-14-24(15-11-22)30-27-5-3-2-4-26(27)29(35)33(30)19-18-32(30)28(34)23-12-16-25(31)17-13-23/h2-17H,18-19H2,1H3. The van der Waals surface area contributed by atoms with E-state index in [1.165, 1.54) is 29.8 Å². The fraction of sp³-hybridized carbons (Fsp3) is 0.133. The molecule has 0 N–H and O–H groups in total. The van der Waals surface area contributed by atoms with Crippen LogP contribution < -0.4 is 0 Å². The Morgan fingerprint density at radius 2 is 1.43 bits per heavy atom. The highest BCUT2D eigenvalue weighted by Gasteiger charge is 2.59. The average molecular weight is 463 g/mol. The second kappa shape index (κ2) is 7.91. The Hall–Kier alpha value is -4.25. The molecule has 0 spiro atoms. The summed E-state index contributed by atoms with van der Waals surface area (Å²) >= 11 is 0. The average Bonchev–Trinajstić information content (AvgIpc) is 3.40. The monoisotopic (exact) mass is 462 g/mol. The summed E-state index contributed by atoms with van der Waals surface area (Å²) in [5.41, 5.74) is 4.94. The maximum Gasteiger partial charge on any atom is 0.256 e. The quantitative estimate of drug-likeness (QED) is 0.397. The predicted octanol–water partition coefficient (Wildman–Crippen LogP) is 5.61. The van der Waals surface area contributed by atoms with Crippen LogP contribution in [0.3, 0.4) is 0 Å². The Morgan fingerprint density at radius 1 is 0.800 bits per heavy atom. The third kappa shape index (κ3) is 3.12. The molecule has 4 aromatic rings. The van der Waals surface area contributed by atoms with E-state index < -0.39 is 11.5 Å². The van der Waals surface area contributed by atoms with Crippen LogP contribution in [0.1, 0.15) is 37.4 Å². The Labute approximate surface area is 203 Å². The third-order valence-corrected chi connectivity index (χ3v) is 7.12. The minimum atomic E-state index is -1.05. The maximum atomic E-state index is 13.8. The van der Waals surface area contributed by atoms with Gasteiger partial charge in [-0.25, -0.2) is 4.39 Å². The van der Waals surface area contributed by atoms with E-state index in [9.17, 15) is 14.0 Å². The van der Waals surface area contributed by atoms with Gasteiger partial charge in [0.2, 0.25) is 0 Å². The van der Waals surface area contributed by atoms with E-state index in [-0.39, 0.29) is 11.8 Å². The Balaban J connectivity index is 1.51. The molecule has 1 unspecified atom stereocenters. The molecular formula is C30H23FN2O2. The summed E-state index contributed by atoms with van der Waals surface area (Å²) in [6.45, 7) is 2.86. The van der Waals surface area contributed by atoms with Crippen LogP contribution in [0.25, 0.3) is 11.1 Å². The van der Waals surface area contributed by atoms with Crippen LogP contribution in [0, 0.1) is 12.7 Å². The summed E-state index contributed by atoms with van der Waals surface area (Å²) in [7, 11) is 0. The van der Waals surface area contributed by atoms with Crippen LogP contribution in [-0.4, -0.2) is 34.7 Å². The molecule has 6 rings (SSSR count). The first-order valence-corrected chi connectivity index (χ1v) is 11.7. The van der Waals surface area contributed by atoms with E-state index in [1.54, 1.807) is 9.80 Å². The topological polar surface area (TPSA) is 40.6 Å². The molecule has 1 saturated heterocycles. The summed E-state index contributed by atoms with van der Waals surface area (Å²) in [6, 6.07) is 29.5. The molecule has 35 heavy (non-hydrogen) atoms. The van der Waals surface area contributed by atoms with Crippen LogP contribution in [0.5, 0.6) is 0 Å². The molecule has 0 aliphatic carbocycles. The van der Waals surface area contributed by atoms with Crippen molar-refractivity contribution in [2.24, 2.45) is 0 Å². The van der Waals surface area contributed by atoms with Gasteiger partial charge in [0.15, 0.2) is 5.66 Å². The number of halogens is 1. The Morgan fingerprint density at radius 3 is 2.11 bits per heavy atom. The highest BCUT2D eigenvalue weighted by atomic mass is 19.1. The second-order valence-corrected chi connectivity index (χ2v) is 9.08. The highest BCUT2D eigenvalue weighted by molar-refractivity contribution is 6.03. The van der Waals surface area contributed by atoms with Gasteiger partial charge in [-0.05, 0) is 48.4 Å². The van der Waals surface area contributed by atoms with Crippen molar-refractivity contribution in [2.45, 2.75) is 12.6 Å². The fourth-order valence-electron chi connectivity index (χ4n) is 5.43. The second-order valence-electron chi connectivity index (χ2n) is 9.08. The van der Waals surface area contributed by atoms with Gasteiger partial charge in [-0.1, -0.05) is 72.3 Å². The molecule has 0 aromatic heterocycles. The van der Waals surface area contributed by atoms with Crippen LogP contribution in [0.4, 0.5) is 4.39 Å². The van der Waals surface area contributed by atoms with E-state index in [2.05, 4.69) is 31.2 Å². The fourth-order valence-corrected chi connectivity index (χ4v) is 5.43. The number of carbonyl (C=O) groups excluding carboxylic acids is 2. The predicted molar refractivity (Wildman–Crippen MR) is 132 cm³/mol. The first-order chi connectivity index (χ1) is 17.0. The van der Waals surface area contributed by atoms with Crippen molar-refractivity contribution < 1.29 is 14.0 Å². The Bertz CT molecular complexity index is 1450. The molecule has 5 heteroatoms. The molecule has 4 nitrogen and oxygen atoms in total. The van der Waals surface area contributed by atoms with Gasteiger partial charge in [-0.3, -0.25) is 9.59 Å². The lowest BCUT2D eigenvalue weighted by Crippen LogP contribution is -2.51. The smallest absolute Gasteiger partial charge is 0.256 e. The normalized spacial score (nSPS) is 18.5. The van der Waals surface area contributed by atoms with Crippen molar-refractivity contribution in [1.82, 2.24) is 9.80 Å². The summed E-state index contributed by atoms with van der Waals surface area (Å²) in [6.07, 6.45) is 0. The van der Waals surface area contributed by atoms with E-state index in [4.69, 9.17) is 0 Å². The molecule has 2 heterocycles. The lowest BCUT2D eigenvalue weighted by atomic mass is 9.88. The molecule has 0 radical (unpaired) electrons. The van der Waals surface area contributed by atoms with Gasteiger partial charge < -0.3 is 9.80 Å². The van der Waals surface area contributed by atoms with Crippen LogP contribution in [0.2, 0.25) is 0 Å². The van der Waals surface area contributed by atoms with Crippen LogP contribution in [0.15, 0.2) is 97.1 Å². The molecule has 1 fully saturated rings. The maximum absolute atomic E-state index is 13.8. The van der Waals surface area contributed by atoms with Gasteiger partial charge in [0.25, 0.3) is 11.8 Å².